The van der Waals surface area contributed by atoms with Gasteiger partial charge in [0.1, 0.15) is 11.7 Å². The lowest BCUT2D eigenvalue weighted by atomic mass is 10.1. The molecule has 1 rings (SSSR count). The zero-order valence-electron chi connectivity index (χ0n) is 13.2. The molecule has 1 aromatic heterocycles. The van der Waals surface area contributed by atoms with Crippen molar-refractivity contribution < 1.29 is 4.74 Å². The first-order chi connectivity index (χ1) is 9.42. The molecule has 20 heavy (non-hydrogen) atoms. The minimum Gasteiger partial charge on any atom is -0.384 e. The molecule has 0 aliphatic rings. The van der Waals surface area contributed by atoms with Gasteiger partial charge >= 0.3 is 0 Å². The quantitative estimate of drug-likeness (QED) is 0.592. The van der Waals surface area contributed by atoms with Crippen LogP contribution < -0.4 is 10.6 Å². The van der Waals surface area contributed by atoms with Crippen LogP contribution in [0, 0.1) is 19.3 Å². The monoisotopic (exact) mass is 278 g/mol. The fourth-order valence-corrected chi connectivity index (χ4v) is 2.30. The van der Waals surface area contributed by atoms with Crippen molar-refractivity contribution in [2.24, 2.45) is 5.73 Å². The van der Waals surface area contributed by atoms with Crippen molar-refractivity contribution in [1.82, 2.24) is 4.98 Å². The molecule has 112 valence electrons. The van der Waals surface area contributed by atoms with E-state index in [2.05, 4.69) is 23.7 Å². The second kappa shape index (κ2) is 7.24. The lowest BCUT2D eigenvalue weighted by Gasteiger charge is -2.31. The van der Waals surface area contributed by atoms with Gasteiger partial charge in [0, 0.05) is 25.4 Å². The summed E-state index contributed by atoms with van der Waals surface area (Å²) in [5, 5.41) is 7.84. The second-order valence-corrected chi connectivity index (χ2v) is 5.14. The van der Waals surface area contributed by atoms with E-state index in [4.69, 9.17) is 15.9 Å². The number of aryl methyl sites for hydroxylation is 2. The molecule has 0 aromatic carbocycles. The molecule has 0 aliphatic carbocycles. The van der Waals surface area contributed by atoms with Gasteiger partial charge in [-0.25, -0.2) is 4.98 Å². The molecule has 1 unspecified atom stereocenters. The number of hydrogen-bond acceptors (Lipinski definition) is 4. The van der Waals surface area contributed by atoms with Crippen LogP contribution in [-0.4, -0.2) is 37.1 Å². The number of ether oxygens (including phenoxy) is 1. The maximum Gasteiger partial charge on any atom is 0.140 e. The Morgan fingerprint density at radius 2 is 2.15 bits per heavy atom. The third-order valence-electron chi connectivity index (χ3n) is 3.53. The van der Waals surface area contributed by atoms with E-state index in [0.717, 1.165) is 35.6 Å². The summed E-state index contributed by atoms with van der Waals surface area (Å²) in [6.45, 7) is 9.59. The highest BCUT2D eigenvalue weighted by atomic mass is 16.5. The maximum absolute atomic E-state index is 7.84. The first kappa shape index (κ1) is 16.4. The van der Waals surface area contributed by atoms with Crippen molar-refractivity contribution >= 4 is 11.7 Å². The highest BCUT2D eigenvalue weighted by Crippen LogP contribution is 2.24. The Hall–Kier alpha value is -1.62. The van der Waals surface area contributed by atoms with Crippen molar-refractivity contribution in [1.29, 1.82) is 5.41 Å². The van der Waals surface area contributed by atoms with E-state index in [-0.39, 0.29) is 5.84 Å². The fraction of sp³-hybridized carbons (Fsp3) is 0.600. The molecule has 5 nitrogen and oxygen atoms in total. The molecule has 5 heteroatoms. The largest absolute Gasteiger partial charge is 0.384 e. The molecule has 0 saturated carbocycles. The van der Waals surface area contributed by atoms with Gasteiger partial charge in [-0.05, 0) is 38.8 Å². The third kappa shape index (κ3) is 3.70. The van der Waals surface area contributed by atoms with Crippen molar-refractivity contribution in [3.05, 3.63) is 22.9 Å². The predicted octanol–water partition coefficient (Wildman–Crippen LogP) is 2.23. The average molecular weight is 278 g/mol. The number of pyridine rings is 1. The minimum absolute atomic E-state index is 0.0655. The summed E-state index contributed by atoms with van der Waals surface area (Å²) in [4.78, 5) is 6.81. The number of methoxy groups -OCH3 is 1. The van der Waals surface area contributed by atoms with Gasteiger partial charge < -0.3 is 15.4 Å². The summed E-state index contributed by atoms with van der Waals surface area (Å²) in [5.74, 6) is 0.858. The summed E-state index contributed by atoms with van der Waals surface area (Å²) in [5.41, 5.74) is 8.42. The lowest BCUT2D eigenvalue weighted by Crippen LogP contribution is -2.38. The van der Waals surface area contributed by atoms with Gasteiger partial charge in [0.05, 0.1) is 12.2 Å². The Bertz CT molecular complexity index is 473. The predicted molar refractivity (Wildman–Crippen MR) is 83.7 cm³/mol. The Labute approximate surface area is 121 Å². The van der Waals surface area contributed by atoms with Crippen molar-refractivity contribution in [2.75, 3.05) is 25.2 Å². The second-order valence-electron chi connectivity index (χ2n) is 5.14. The van der Waals surface area contributed by atoms with Crippen LogP contribution in [0.15, 0.2) is 6.07 Å². The van der Waals surface area contributed by atoms with Gasteiger partial charge in [-0.15, -0.1) is 0 Å². The van der Waals surface area contributed by atoms with Gasteiger partial charge in [-0.1, -0.05) is 6.92 Å². The Kier molecular flexibility index (Phi) is 5.95. The van der Waals surface area contributed by atoms with E-state index in [9.17, 15) is 0 Å². The summed E-state index contributed by atoms with van der Waals surface area (Å²) in [6, 6.07) is 2.28. The molecular weight excluding hydrogens is 252 g/mol. The highest BCUT2D eigenvalue weighted by molar-refractivity contribution is 6.01. The molecule has 1 aromatic rings. The lowest BCUT2D eigenvalue weighted by molar-refractivity contribution is 0.203. The van der Waals surface area contributed by atoms with Crippen molar-refractivity contribution in [2.45, 2.75) is 40.2 Å². The molecule has 0 saturated heterocycles. The number of nitrogen functional groups attached to an aromatic ring is 1. The summed E-state index contributed by atoms with van der Waals surface area (Å²) >= 11 is 0. The molecule has 1 atom stereocenters. The van der Waals surface area contributed by atoms with E-state index >= 15 is 0 Å². The van der Waals surface area contributed by atoms with Crippen molar-refractivity contribution in [3.63, 3.8) is 0 Å². The number of rotatable bonds is 7. The molecule has 0 amide bonds. The zero-order chi connectivity index (χ0) is 15.3. The van der Waals surface area contributed by atoms with E-state index in [1.54, 1.807) is 7.11 Å². The number of anilines is 1. The maximum atomic E-state index is 7.84. The third-order valence-corrected chi connectivity index (χ3v) is 3.53. The van der Waals surface area contributed by atoms with Gasteiger partial charge in [-0.3, -0.25) is 5.41 Å². The van der Waals surface area contributed by atoms with E-state index in [0.29, 0.717) is 12.6 Å². The molecule has 1 heterocycles. The zero-order valence-corrected chi connectivity index (χ0v) is 13.2. The number of hydrogen-bond donors (Lipinski definition) is 2. The Balaban J connectivity index is 3.33. The van der Waals surface area contributed by atoms with Gasteiger partial charge in [0.25, 0.3) is 0 Å². The normalized spacial score (nSPS) is 12.2. The molecule has 0 aliphatic heterocycles. The van der Waals surface area contributed by atoms with Crippen LogP contribution in [0.4, 0.5) is 5.82 Å². The van der Waals surface area contributed by atoms with Gasteiger partial charge in [0.2, 0.25) is 0 Å². The highest BCUT2D eigenvalue weighted by Gasteiger charge is 2.21. The van der Waals surface area contributed by atoms with Gasteiger partial charge in [-0.2, -0.15) is 0 Å². The number of nitrogens with zero attached hydrogens (tertiary/aromatic N) is 2. The Morgan fingerprint density at radius 3 is 2.65 bits per heavy atom. The number of aromatic nitrogens is 1. The molecule has 0 fully saturated rings. The molecule has 0 bridgehead atoms. The standard InChI is InChI=1S/C15H26N4O/c1-6-12(4)19(7-8-20-5)15-13(14(16)17)10(2)9-11(3)18-15/h9,12H,6-8H2,1-5H3,(H3,16,17). The van der Waals surface area contributed by atoms with E-state index in [1.807, 2.05) is 19.9 Å². The number of amidine groups is 1. The SMILES string of the molecule is CCC(C)N(CCOC)c1nc(C)cc(C)c1C(=N)N. The smallest absolute Gasteiger partial charge is 0.140 e. The summed E-state index contributed by atoms with van der Waals surface area (Å²) in [7, 11) is 1.69. The van der Waals surface area contributed by atoms with Crippen molar-refractivity contribution in [3.8, 4) is 0 Å². The molecule has 0 spiro atoms. The topological polar surface area (TPSA) is 75.2 Å². The van der Waals surface area contributed by atoms with Crippen LogP contribution in [0.2, 0.25) is 0 Å². The van der Waals surface area contributed by atoms with Crippen LogP contribution in [0.25, 0.3) is 0 Å². The van der Waals surface area contributed by atoms with Gasteiger partial charge in [0.15, 0.2) is 0 Å². The number of nitrogens with one attached hydrogen (secondary N) is 1. The summed E-state index contributed by atoms with van der Waals surface area (Å²) < 4.78 is 5.19. The minimum atomic E-state index is 0.0655. The average Bonchev–Trinajstić information content (AvgIpc) is 2.37. The van der Waals surface area contributed by atoms with E-state index < -0.39 is 0 Å². The molecule has 0 radical (unpaired) electrons. The Morgan fingerprint density at radius 1 is 1.50 bits per heavy atom. The molecule has 3 N–H and O–H groups in total. The van der Waals surface area contributed by atoms with E-state index in [1.165, 1.54) is 0 Å². The van der Waals surface area contributed by atoms with Crippen LogP contribution in [-0.2, 0) is 4.74 Å². The van der Waals surface area contributed by atoms with Crippen LogP contribution in [0.1, 0.15) is 37.1 Å². The van der Waals surface area contributed by atoms with Crippen LogP contribution in [0.5, 0.6) is 0 Å². The fourth-order valence-electron chi connectivity index (χ4n) is 2.30. The number of nitrogens with two attached hydrogens (primary N) is 1. The first-order valence-corrected chi connectivity index (χ1v) is 7.00. The first-order valence-electron chi connectivity index (χ1n) is 7.00. The van der Waals surface area contributed by atoms with Crippen LogP contribution in [0.3, 0.4) is 0 Å². The summed E-state index contributed by atoms with van der Waals surface area (Å²) in [6.07, 6.45) is 0.996. The van der Waals surface area contributed by atoms with Crippen LogP contribution >= 0.6 is 0 Å². The molecular formula is C15H26N4O.